The molecule has 6 rings (SSSR count). The fourth-order valence-corrected chi connectivity index (χ4v) is 6.75. The fourth-order valence-electron chi connectivity index (χ4n) is 6.75. The van der Waals surface area contributed by atoms with E-state index in [1.165, 1.54) is 24.8 Å². The van der Waals surface area contributed by atoms with Crippen molar-refractivity contribution in [3.05, 3.63) is 17.1 Å². The third kappa shape index (κ3) is 2.58. The summed E-state index contributed by atoms with van der Waals surface area (Å²) in [4.78, 5) is 9.39. The van der Waals surface area contributed by atoms with Gasteiger partial charge in [-0.3, -0.25) is 0 Å². The zero-order chi connectivity index (χ0) is 17.2. The van der Waals surface area contributed by atoms with Gasteiger partial charge in [0, 0.05) is 18.2 Å². The van der Waals surface area contributed by atoms with Gasteiger partial charge in [0.05, 0.1) is 11.3 Å². The van der Waals surface area contributed by atoms with Crippen molar-refractivity contribution in [2.45, 2.75) is 77.0 Å². The van der Waals surface area contributed by atoms with E-state index in [0.29, 0.717) is 6.04 Å². The second-order valence-electron chi connectivity index (χ2n) is 9.39. The molecule has 3 N–H and O–H groups in total. The highest BCUT2D eigenvalue weighted by atomic mass is 16.3. The second-order valence-corrected chi connectivity index (χ2v) is 9.39. The van der Waals surface area contributed by atoms with Crippen molar-refractivity contribution >= 4 is 5.82 Å². The zero-order valence-corrected chi connectivity index (χ0v) is 15.4. The first-order valence-corrected chi connectivity index (χ1v) is 10.0. The summed E-state index contributed by atoms with van der Waals surface area (Å²) in [5, 5.41) is 18.3. The summed E-state index contributed by atoms with van der Waals surface area (Å²) in [5.74, 6) is 3.34. The number of rotatable bonds is 3. The van der Waals surface area contributed by atoms with Crippen molar-refractivity contribution in [1.82, 2.24) is 15.3 Å². The molecule has 5 heteroatoms. The average molecular weight is 342 g/mol. The van der Waals surface area contributed by atoms with Crippen molar-refractivity contribution in [2.24, 2.45) is 17.3 Å². The highest BCUT2D eigenvalue weighted by Crippen LogP contribution is 2.63. The van der Waals surface area contributed by atoms with E-state index in [2.05, 4.69) is 22.5 Å². The van der Waals surface area contributed by atoms with Gasteiger partial charge in [-0.15, -0.1) is 0 Å². The normalized spacial score (nSPS) is 40.0. The largest absolute Gasteiger partial charge is 0.390 e. The van der Waals surface area contributed by atoms with Gasteiger partial charge in [-0.2, -0.15) is 0 Å². The Labute approximate surface area is 150 Å². The summed E-state index contributed by atoms with van der Waals surface area (Å²) in [5.41, 5.74) is 2.28. The third-order valence-corrected chi connectivity index (χ3v) is 7.40. The Morgan fingerprint density at radius 3 is 2.68 bits per heavy atom. The number of aromatic nitrogens is 2. The number of fused-ring (bicyclic) bond motifs is 1. The summed E-state index contributed by atoms with van der Waals surface area (Å²) < 4.78 is 0. The van der Waals surface area contributed by atoms with Gasteiger partial charge in [0.25, 0.3) is 0 Å². The van der Waals surface area contributed by atoms with Crippen LogP contribution in [0.3, 0.4) is 0 Å². The molecule has 0 radical (unpaired) electrons. The molecule has 2 unspecified atom stereocenters. The summed E-state index contributed by atoms with van der Waals surface area (Å²) in [6.45, 7) is 6.15. The van der Waals surface area contributed by atoms with Crippen molar-refractivity contribution in [3.8, 4) is 0 Å². The molecule has 0 amide bonds. The van der Waals surface area contributed by atoms with Crippen LogP contribution in [0, 0.1) is 24.2 Å². The van der Waals surface area contributed by atoms with Gasteiger partial charge >= 0.3 is 0 Å². The molecule has 0 spiro atoms. The minimum atomic E-state index is -0.398. The van der Waals surface area contributed by atoms with Crippen LogP contribution in [0.5, 0.6) is 0 Å². The first-order valence-electron chi connectivity index (χ1n) is 10.0. The molecule has 136 valence electrons. The molecule has 4 aliphatic carbocycles. The molecule has 1 aromatic heterocycles. The molecule has 2 heterocycles. The van der Waals surface area contributed by atoms with E-state index >= 15 is 0 Å². The Kier molecular flexibility index (Phi) is 3.46. The monoisotopic (exact) mass is 342 g/mol. The van der Waals surface area contributed by atoms with Crippen LogP contribution >= 0.6 is 0 Å². The summed E-state index contributed by atoms with van der Waals surface area (Å²) in [6.07, 6.45) is 7.91. The van der Waals surface area contributed by atoms with Crippen LogP contribution in [0.1, 0.15) is 62.5 Å². The third-order valence-electron chi connectivity index (χ3n) is 7.40. The van der Waals surface area contributed by atoms with E-state index < -0.39 is 5.60 Å². The quantitative estimate of drug-likeness (QED) is 0.787. The fraction of sp³-hybridized carbons (Fsp3) is 0.800. The Hall–Kier alpha value is -1.20. The van der Waals surface area contributed by atoms with E-state index in [0.717, 1.165) is 67.9 Å². The maximum atomic E-state index is 11.1. The Morgan fingerprint density at radius 2 is 1.96 bits per heavy atom. The highest BCUT2D eigenvalue weighted by molar-refractivity contribution is 5.49. The lowest BCUT2D eigenvalue weighted by atomic mass is 9.46. The lowest BCUT2D eigenvalue weighted by Crippen LogP contribution is -2.60. The molecular formula is C20H30N4O. The number of aliphatic hydroxyl groups is 1. The predicted octanol–water partition coefficient (Wildman–Crippen LogP) is 2.56. The average Bonchev–Trinajstić information content (AvgIpc) is 2.52. The van der Waals surface area contributed by atoms with Gasteiger partial charge < -0.3 is 15.7 Å². The van der Waals surface area contributed by atoms with Gasteiger partial charge in [-0.05, 0) is 82.6 Å². The Bertz CT molecular complexity index is 689. The van der Waals surface area contributed by atoms with E-state index in [-0.39, 0.29) is 5.41 Å². The Morgan fingerprint density at radius 1 is 1.20 bits per heavy atom. The second kappa shape index (κ2) is 5.40. The van der Waals surface area contributed by atoms with Gasteiger partial charge in [-0.1, -0.05) is 0 Å². The smallest absolute Gasteiger partial charge is 0.133 e. The minimum absolute atomic E-state index is 0.234. The van der Waals surface area contributed by atoms with Gasteiger partial charge in [0.15, 0.2) is 0 Å². The summed E-state index contributed by atoms with van der Waals surface area (Å²) in [6, 6.07) is 0.346. The number of hydrogen-bond acceptors (Lipinski definition) is 5. The van der Waals surface area contributed by atoms with Crippen LogP contribution in [0.25, 0.3) is 0 Å². The molecule has 4 fully saturated rings. The number of nitrogens with zero attached hydrogens (tertiary/aromatic N) is 2. The van der Waals surface area contributed by atoms with Crippen LogP contribution in [0.2, 0.25) is 0 Å². The van der Waals surface area contributed by atoms with Gasteiger partial charge in [0.1, 0.15) is 11.6 Å². The maximum Gasteiger partial charge on any atom is 0.133 e. The molecule has 1 aromatic rings. The number of nitrogens with one attached hydrogen (secondary N) is 2. The van der Waals surface area contributed by atoms with Crippen molar-refractivity contribution < 1.29 is 5.11 Å². The topological polar surface area (TPSA) is 70.1 Å². The molecule has 5 atom stereocenters. The van der Waals surface area contributed by atoms with E-state index in [9.17, 15) is 5.11 Å². The predicted molar refractivity (Wildman–Crippen MR) is 97.3 cm³/mol. The molecule has 5 nitrogen and oxygen atoms in total. The van der Waals surface area contributed by atoms with Gasteiger partial charge in [-0.25, -0.2) is 9.97 Å². The van der Waals surface area contributed by atoms with Crippen LogP contribution < -0.4 is 10.6 Å². The highest BCUT2D eigenvalue weighted by Gasteiger charge is 2.58. The van der Waals surface area contributed by atoms with E-state index in [1.807, 2.05) is 6.92 Å². The molecule has 0 saturated heterocycles. The number of hydrogen-bond donors (Lipinski definition) is 3. The summed E-state index contributed by atoms with van der Waals surface area (Å²) >= 11 is 0. The Balaban J connectivity index is 1.44. The van der Waals surface area contributed by atoms with Crippen molar-refractivity contribution in [2.75, 3.05) is 11.9 Å². The first kappa shape index (κ1) is 16.0. The van der Waals surface area contributed by atoms with Crippen LogP contribution in [0.4, 0.5) is 5.82 Å². The van der Waals surface area contributed by atoms with E-state index in [1.54, 1.807) is 0 Å². The first-order chi connectivity index (χ1) is 11.9. The van der Waals surface area contributed by atoms with Crippen LogP contribution in [-0.2, 0) is 13.0 Å². The lowest BCUT2D eigenvalue weighted by molar-refractivity contribution is -0.167. The van der Waals surface area contributed by atoms with Gasteiger partial charge in [0.2, 0.25) is 0 Å². The van der Waals surface area contributed by atoms with Crippen molar-refractivity contribution in [1.29, 1.82) is 0 Å². The molecule has 25 heavy (non-hydrogen) atoms. The maximum absolute atomic E-state index is 11.1. The lowest BCUT2D eigenvalue weighted by Gasteiger charge is -2.62. The minimum Gasteiger partial charge on any atom is -0.390 e. The number of anilines is 1. The summed E-state index contributed by atoms with van der Waals surface area (Å²) in [7, 11) is 0. The molecule has 5 aliphatic rings. The van der Waals surface area contributed by atoms with Crippen molar-refractivity contribution in [3.63, 3.8) is 0 Å². The zero-order valence-electron chi connectivity index (χ0n) is 15.4. The molecular weight excluding hydrogens is 312 g/mol. The molecule has 1 aliphatic heterocycles. The standard InChI is InChI=1S/C20H30N4O/c1-12(19-6-14-5-15(7-19)9-20(25,8-14)11-19)22-18-16-3-4-21-10-17(16)23-13(2)24-18/h12,14-15,21,25H,3-11H2,1-2H3,(H,22,23,24)/t12-,14-,15+,19?,20?/m0/s1. The van der Waals surface area contributed by atoms with Crippen LogP contribution in [-0.4, -0.2) is 33.3 Å². The van der Waals surface area contributed by atoms with Crippen LogP contribution in [0.15, 0.2) is 0 Å². The molecule has 4 saturated carbocycles. The molecule has 0 aromatic carbocycles. The van der Waals surface area contributed by atoms with E-state index in [4.69, 9.17) is 4.98 Å². The number of aryl methyl sites for hydroxylation is 1. The SMILES string of the molecule is Cc1nc2c(c(N[C@@H](C)C34C[C@@H]5C[C@@H](CC(O)(C5)C3)C4)n1)CCNC2. The molecule has 4 bridgehead atoms.